The maximum Gasteiger partial charge on any atom is 0.293 e. The zero-order valence-electron chi connectivity index (χ0n) is 16.9. The summed E-state index contributed by atoms with van der Waals surface area (Å²) < 4.78 is 26.1. The van der Waals surface area contributed by atoms with Gasteiger partial charge in [-0.2, -0.15) is 0 Å². The van der Waals surface area contributed by atoms with Gasteiger partial charge in [0.25, 0.3) is 6.47 Å². The molecule has 1 N–H and O–H groups in total. The Morgan fingerprint density at radius 3 is 2.07 bits per heavy atom. The first kappa shape index (κ1) is 21.9. The van der Waals surface area contributed by atoms with Gasteiger partial charge in [0.05, 0.1) is 41.4 Å². The predicted octanol–water partition coefficient (Wildman–Crippen LogP) is 2.29. The van der Waals surface area contributed by atoms with Gasteiger partial charge < -0.3 is 29.0 Å². The largest absolute Gasteiger partial charge is 0.493 e. The Hall–Kier alpha value is -3.42. The highest BCUT2D eigenvalue weighted by molar-refractivity contribution is 5.78. The van der Waals surface area contributed by atoms with E-state index in [1.165, 1.54) is 21.3 Å². The molecule has 0 saturated heterocycles. The van der Waals surface area contributed by atoms with E-state index >= 15 is 0 Å². The molecule has 1 unspecified atom stereocenters. The standard InChI is InChI=1S/C21H25NO7/c1-25-16-7-5-14(9-18(16)27-3)10-21(24)22-12-20(29-13-23)15-6-8-17(26-2)19(11-15)28-4/h5-9,11,13,20H,10,12H2,1-4H3,(H,22,24). The molecule has 0 aliphatic carbocycles. The molecule has 8 nitrogen and oxygen atoms in total. The van der Waals surface area contributed by atoms with Crippen LogP contribution < -0.4 is 24.3 Å². The SMILES string of the molecule is COc1ccc(CC(=O)NCC(OC=O)c2ccc(OC)c(OC)c2)cc1OC. The third kappa shape index (κ3) is 5.78. The highest BCUT2D eigenvalue weighted by Gasteiger charge is 2.17. The number of benzene rings is 2. The second kappa shape index (κ2) is 10.8. The average Bonchev–Trinajstić information content (AvgIpc) is 2.75. The average molecular weight is 403 g/mol. The van der Waals surface area contributed by atoms with Crippen molar-refractivity contribution in [1.82, 2.24) is 5.32 Å². The second-order valence-electron chi connectivity index (χ2n) is 6.01. The van der Waals surface area contributed by atoms with Crippen molar-refractivity contribution in [3.63, 3.8) is 0 Å². The Morgan fingerprint density at radius 1 is 0.897 bits per heavy atom. The molecule has 1 amide bonds. The van der Waals surface area contributed by atoms with E-state index in [2.05, 4.69) is 5.32 Å². The fraction of sp³-hybridized carbons (Fsp3) is 0.333. The second-order valence-corrected chi connectivity index (χ2v) is 6.01. The van der Waals surface area contributed by atoms with Crippen molar-refractivity contribution in [3.05, 3.63) is 47.5 Å². The van der Waals surface area contributed by atoms with E-state index in [0.717, 1.165) is 5.56 Å². The Balaban J connectivity index is 2.05. The van der Waals surface area contributed by atoms with Crippen molar-refractivity contribution in [3.8, 4) is 23.0 Å². The van der Waals surface area contributed by atoms with Crippen LogP contribution in [-0.2, 0) is 20.7 Å². The van der Waals surface area contributed by atoms with E-state index in [-0.39, 0.29) is 18.9 Å². The van der Waals surface area contributed by atoms with Gasteiger partial charge in [0.1, 0.15) is 6.10 Å². The van der Waals surface area contributed by atoms with Crippen molar-refractivity contribution < 1.29 is 33.3 Å². The molecular weight excluding hydrogens is 378 g/mol. The van der Waals surface area contributed by atoms with E-state index in [1.807, 2.05) is 0 Å². The summed E-state index contributed by atoms with van der Waals surface area (Å²) in [4.78, 5) is 23.3. The fourth-order valence-electron chi connectivity index (χ4n) is 2.81. The lowest BCUT2D eigenvalue weighted by molar-refractivity contribution is -0.135. The Morgan fingerprint density at radius 2 is 1.48 bits per heavy atom. The Bertz CT molecular complexity index is 838. The quantitative estimate of drug-likeness (QED) is 0.576. The third-order valence-electron chi connectivity index (χ3n) is 4.30. The summed E-state index contributed by atoms with van der Waals surface area (Å²) in [7, 11) is 6.13. The zero-order valence-corrected chi connectivity index (χ0v) is 16.9. The molecule has 0 spiro atoms. The van der Waals surface area contributed by atoms with Crippen LogP contribution in [0.1, 0.15) is 17.2 Å². The van der Waals surface area contributed by atoms with Crippen LogP contribution in [0.2, 0.25) is 0 Å². The molecule has 0 radical (unpaired) electrons. The molecule has 8 heteroatoms. The molecule has 2 aromatic carbocycles. The van der Waals surface area contributed by atoms with Crippen LogP contribution in [0.5, 0.6) is 23.0 Å². The molecule has 156 valence electrons. The first-order valence-corrected chi connectivity index (χ1v) is 8.84. The molecule has 2 aromatic rings. The summed E-state index contributed by atoms with van der Waals surface area (Å²) in [5.41, 5.74) is 1.43. The van der Waals surface area contributed by atoms with Crippen LogP contribution in [-0.4, -0.2) is 47.4 Å². The van der Waals surface area contributed by atoms with Crippen LogP contribution in [0.15, 0.2) is 36.4 Å². The maximum atomic E-state index is 12.4. The van der Waals surface area contributed by atoms with E-state index in [4.69, 9.17) is 23.7 Å². The molecule has 29 heavy (non-hydrogen) atoms. The van der Waals surface area contributed by atoms with Gasteiger partial charge in [0.15, 0.2) is 23.0 Å². The number of amides is 1. The number of carbonyl (C=O) groups is 2. The molecule has 0 fully saturated rings. The summed E-state index contributed by atoms with van der Waals surface area (Å²) >= 11 is 0. The molecule has 1 atom stereocenters. The van der Waals surface area contributed by atoms with Crippen LogP contribution in [0.25, 0.3) is 0 Å². The molecule has 2 rings (SSSR count). The van der Waals surface area contributed by atoms with Crippen molar-refractivity contribution in [2.75, 3.05) is 35.0 Å². The lowest BCUT2D eigenvalue weighted by atomic mass is 10.1. The topological polar surface area (TPSA) is 92.3 Å². The molecule has 0 aromatic heterocycles. The van der Waals surface area contributed by atoms with Crippen LogP contribution in [0, 0.1) is 0 Å². The molecule has 0 saturated carbocycles. The van der Waals surface area contributed by atoms with Crippen molar-refractivity contribution in [2.24, 2.45) is 0 Å². The maximum absolute atomic E-state index is 12.4. The van der Waals surface area contributed by atoms with Gasteiger partial charge in [0, 0.05) is 0 Å². The van der Waals surface area contributed by atoms with Gasteiger partial charge >= 0.3 is 0 Å². The van der Waals surface area contributed by atoms with Crippen molar-refractivity contribution in [1.29, 1.82) is 0 Å². The first-order chi connectivity index (χ1) is 14.1. The number of nitrogens with one attached hydrogen (secondary N) is 1. The van der Waals surface area contributed by atoms with E-state index in [0.29, 0.717) is 35.0 Å². The number of rotatable bonds is 11. The number of hydrogen-bond acceptors (Lipinski definition) is 7. The third-order valence-corrected chi connectivity index (χ3v) is 4.30. The highest BCUT2D eigenvalue weighted by Crippen LogP contribution is 2.31. The number of hydrogen-bond donors (Lipinski definition) is 1. The number of ether oxygens (including phenoxy) is 5. The van der Waals surface area contributed by atoms with E-state index in [9.17, 15) is 9.59 Å². The molecular formula is C21H25NO7. The zero-order chi connectivity index (χ0) is 21.2. The Labute approximate surface area is 169 Å². The lowest BCUT2D eigenvalue weighted by Crippen LogP contribution is -2.30. The smallest absolute Gasteiger partial charge is 0.293 e. The normalized spacial score (nSPS) is 11.2. The molecule has 0 aliphatic heterocycles. The minimum atomic E-state index is -0.665. The summed E-state index contributed by atoms with van der Waals surface area (Å²) in [6, 6.07) is 10.4. The highest BCUT2D eigenvalue weighted by atomic mass is 16.5. The minimum Gasteiger partial charge on any atom is -0.493 e. The van der Waals surface area contributed by atoms with E-state index in [1.54, 1.807) is 43.5 Å². The van der Waals surface area contributed by atoms with Crippen molar-refractivity contribution in [2.45, 2.75) is 12.5 Å². The van der Waals surface area contributed by atoms with E-state index < -0.39 is 6.10 Å². The molecule has 0 aliphatic rings. The Kier molecular flexibility index (Phi) is 8.14. The van der Waals surface area contributed by atoms with Crippen LogP contribution >= 0.6 is 0 Å². The van der Waals surface area contributed by atoms with Gasteiger partial charge in [-0.1, -0.05) is 12.1 Å². The summed E-state index contributed by atoms with van der Waals surface area (Å²) in [5, 5.41) is 2.78. The fourth-order valence-corrected chi connectivity index (χ4v) is 2.81. The van der Waals surface area contributed by atoms with Gasteiger partial charge in [-0.3, -0.25) is 9.59 Å². The van der Waals surface area contributed by atoms with Gasteiger partial charge in [-0.25, -0.2) is 0 Å². The number of carbonyl (C=O) groups excluding carboxylic acids is 2. The van der Waals surface area contributed by atoms with Crippen molar-refractivity contribution >= 4 is 12.4 Å². The van der Waals surface area contributed by atoms with Crippen LogP contribution in [0.4, 0.5) is 0 Å². The minimum absolute atomic E-state index is 0.111. The van der Waals surface area contributed by atoms with Crippen LogP contribution in [0.3, 0.4) is 0 Å². The monoisotopic (exact) mass is 403 g/mol. The summed E-state index contributed by atoms with van der Waals surface area (Å²) in [6.45, 7) is 0.461. The summed E-state index contributed by atoms with van der Waals surface area (Å²) in [6.07, 6.45) is -0.526. The van der Waals surface area contributed by atoms with Gasteiger partial charge in [-0.15, -0.1) is 0 Å². The first-order valence-electron chi connectivity index (χ1n) is 8.84. The van der Waals surface area contributed by atoms with Gasteiger partial charge in [0.2, 0.25) is 5.91 Å². The summed E-state index contributed by atoms with van der Waals surface area (Å²) in [5.74, 6) is 1.96. The lowest BCUT2D eigenvalue weighted by Gasteiger charge is -2.18. The molecule has 0 bridgehead atoms. The molecule has 0 heterocycles. The van der Waals surface area contributed by atoms with Gasteiger partial charge in [-0.05, 0) is 35.4 Å². The predicted molar refractivity (Wildman–Crippen MR) is 106 cm³/mol. The number of methoxy groups -OCH3 is 4.